The van der Waals surface area contributed by atoms with Crippen molar-refractivity contribution in [3.05, 3.63) is 50.6 Å². The Morgan fingerprint density at radius 3 is 1.06 bits per heavy atom. The van der Waals surface area contributed by atoms with E-state index < -0.39 is 179 Å². The topological polar surface area (TPSA) is 457 Å². The van der Waals surface area contributed by atoms with Gasteiger partial charge in [-0.15, -0.1) is 0 Å². The molecular weight excluding hydrogens is 938 g/mol. The number of aliphatic hydroxyl groups is 2. The zero-order chi connectivity index (χ0) is 53.2. The standard InChI is InChI=1S/C41H58N9O20/c1-22(16-34(57)58)13-31(54)48(68)10-4-7-25-38(64)44-26(8-5-11-49(69)32(55)14-23(2)17-35(59)60)39(65)45-27(9-6-12-50(70)33(56)15-24(3)18-36(61)62)40(66)47-29(21-52)41(67)46-28(20-51)37(63)42-19-30(53)43-25/h13-15,25-29,51-52H,4-12,16-21H2,1-3H3,(H,42,63)(H,43,53)(H,44,64)(H,45,65)(H,46,67)(H,47,66)(H,57,58)(H,59,60)(H,61,62)/q-3. The average molecular weight is 997 g/mol. The Morgan fingerprint density at radius 1 is 0.486 bits per heavy atom. The van der Waals surface area contributed by atoms with Gasteiger partial charge in [0.05, 0.1) is 39.0 Å². The van der Waals surface area contributed by atoms with Crippen molar-refractivity contribution in [1.29, 1.82) is 0 Å². The van der Waals surface area contributed by atoms with Gasteiger partial charge in [0.15, 0.2) is 0 Å². The van der Waals surface area contributed by atoms with Crippen molar-refractivity contribution < 1.29 is 83.1 Å². The summed E-state index contributed by atoms with van der Waals surface area (Å²) in [5, 5.41) is 97.5. The third-order valence-electron chi connectivity index (χ3n) is 9.67. The Morgan fingerprint density at radius 2 is 0.757 bits per heavy atom. The van der Waals surface area contributed by atoms with E-state index in [1.54, 1.807) is 0 Å². The number of nitrogens with zero attached hydrogens (tertiary/aromatic N) is 3. The molecule has 1 rings (SSSR count). The van der Waals surface area contributed by atoms with E-state index in [-0.39, 0.29) is 51.2 Å². The van der Waals surface area contributed by atoms with Gasteiger partial charge in [-0.05, 0) is 59.3 Å². The Hall–Kier alpha value is -7.34. The number of hydroxylamine groups is 6. The number of rotatable bonds is 23. The van der Waals surface area contributed by atoms with Crippen LogP contribution in [0.4, 0.5) is 0 Å². The van der Waals surface area contributed by atoms with Crippen molar-refractivity contribution in [2.75, 3.05) is 39.4 Å². The predicted octanol–water partition coefficient (Wildman–Crippen LogP) is -3.89. The molecule has 9 amide bonds. The second kappa shape index (κ2) is 30.9. The first-order valence-electron chi connectivity index (χ1n) is 21.4. The van der Waals surface area contributed by atoms with Crippen molar-refractivity contribution in [3.63, 3.8) is 0 Å². The number of carbonyl (C=O) groups excluding carboxylic acids is 9. The van der Waals surface area contributed by atoms with E-state index in [2.05, 4.69) is 31.9 Å². The monoisotopic (exact) mass is 996 g/mol. The van der Waals surface area contributed by atoms with E-state index >= 15 is 0 Å². The highest BCUT2D eigenvalue weighted by Crippen LogP contribution is 2.11. The van der Waals surface area contributed by atoms with Crippen LogP contribution >= 0.6 is 0 Å². The highest BCUT2D eigenvalue weighted by atomic mass is 16.5. The first-order chi connectivity index (χ1) is 32.8. The van der Waals surface area contributed by atoms with Gasteiger partial charge in [-0.3, -0.25) is 57.5 Å². The van der Waals surface area contributed by atoms with E-state index in [0.29, 0.717) is 0 Å². The van der Waals surface area contributed by atoms with Gasteiger partial charge >= 0.3 is 17.9 Å². The van der Waals surface area contributed by atoms with Gasteiger partial charge in [-0.2, -0.15) is 0 Å². The molecule has 0 saturated carbocycles. The molecule has 70 heavy (non-hydrogen) atoms. The molecule has 1 heterocycles. The van der Waals surface area contributed by atoms with Gasteiger partial charge in [0.25, 0.3) is 0 Å². The molecule has 0 radical (unpaired) electrons. The molecule has 1 fully saturated rings. The lowest BCUT2D eigenvalue weighted by molar-refractivity contribution is -0.137. The van der Waals surface area contributed by atoms with Crippen molar-refractivity contribution in [1.82, 2.24) is 47.1 Å². The summed E-state index contributed by atoms with van der Waals surface area (Å²) in [6.45, 7) is -1.25. The van der Waals surface area contributed by atoms with Crippen LogP contribution in [0.25, 0.3) is 0 Å². The lowest BCUT2D eigenvalue weighted by Crippen LogP contribution is -2.61. The van der Waals surface area contributed by atoms with E-state index in [0.717, 1.165) is 18.2 Å². The average Bonchev–Trinajstić information content (AvgIpc) is 3.26. The van der Waals surface area contributed by atoms with Crippen LogP contribution < -0.4 is 31.9 Å². The molecule has 5 atom stereocenters. The number of aliphatic carboxylic acids is 3. The largest absolute Gasteiger partial charge is 0.756 e. The molecule has 29 nitrogen and oxygen atoms in total. The smallest absolute Gasteiger partial charge is 0.307 e. The van der Waals surface area contributed by atoms with Crippen LogP contribution in [0.3, 0.4) is 0 Å². The Labute approximate surface area is 399 Å². The number of hydrogen-bond donors (Lipinski definition) is 11. The fourth-order valence-corrected chi connectivity index (χ4v) is 6.18. The summed E-state index contributed by atoms with van der Waals surface area (Å²) < 4.78 is 0. The van der Waals surface area contributed by atoms with E-state index in [9.17, 15) is 83.4 Å². The summed E-state index contributed by atoms with van der Waals surface area (Å²) in [5.74, 6) is -14.5. The number of carboxylic acids is 3. The van der Waals surface area contributed by atoms with Crippen LogP contribution in [0.1, 0.15) is 78.6 Å². The second-order valence-electron chi connectivity index (χ2n) is 15.9. The zero-order valence-electron chi connectivity index (χ0n) is 38.4. The molecule has 5 unspecified atom stereocenters. The molecule has 0 spiro atoms. The molecule has 0 aromatic carbocycles. The van der Waals surface area contributed by atoms with E-state index in [4.69, 9.17) is 15.3 Å². The van der Waals surface area contributed by atoms with Gasteiger partial charge in [-0.1, -0.05) is 16.7 Å². The number of carboxylic acid groups (broad SMARTS) is 3. The minimum Gasteiger partial charge on any atom is -0.756 e. The van der Waals surface area contributed by atoms with Crippen LogP contribution in [-0.4, -0.2) is 181 Å². The molecule has 1 saturated heterocycles. The van der Waals surface area contributed by atoms with Crippen molar-refractivity contribution >= 4 is 71.1 Å². The summed E-state index contributed by atoms with van der Waals surface area (Å²) in [5.41, 5.74) is 0.0703. The van der Waals surface area contributed by atoms with Gasteiger partial charge in [0.2, 0.25) is 53.2 Å². The van der Waals surface area contributed by atoms with E-state index in [1.165, 1.54) is 20.8 Å². The van der Waals surface area contributed by atoms with Crippen LogP contribution in [0, 0.1) is 15.6 Å². The van der Waals surface area contributed by atoms with Gasteiger partial charge in [0, 0.05) is 37.9 Å². The molecule has 11 N–H and O–H groups in total. The number of carbonyl (C=O) groups is 12. The third kappa shape index (κ3) is 23.6. The molecule has 0 aliphatic carbocycles. The van der Waals surface area contributed by atoms with Crippen LogP contribution in [-0.2, 0) is 57.5 Å². The van der Waals surface area contributed by atoms with Crippen molar-refractivity contribution in [2.24, 2.45) is 0 Å². The van der Waals surface area contributed by atoms with Gasteiger partial charge in [0.1, 0.15) is 30.2 Å². The zero-order valence-corrected chi connectivity index (χ0v) is 38.4. The highest BCUT2D eigenvalue weighted by molar-refractivity contribution is 5.98. The Balaban J connectivity index is 3.72. The molecule has 390 valence electrons. The van der Waals surface area contributed by atoms with Crippen molar-refractivity contribution in [3.8, 4) is 0 Å². The summed E-state index contributed by atoms with van der Waals surface area (Å²) in [6, 6.07) is -8.95. The first kappa shape index (κ1) is 60.7. The minimum absolute atomic E-state index is 0.0171. The van der Waals surface area contributed by atoms with Gasteiger partial charge in [-0.25, -0.2) is 0 Å². The maximum absolute atomic E-state index is 14.1. The second-order valence-corrected chi connectivity index (χ2v) is 15.9. The lowest BCUT2D eigenvalue weighted by atomic mass is 10.0. The number of amides is 9. The summed E-state index contributed by atoms with van der Waals surface area (Å²) in [7, 11) is 0. The first-order valence-corrected chi connectivity index (χ1v) is 21.4. The maximum Gasteiger partial charge on any atom is 0.307 e. The van der Waals surface area contributed by atoms with Crippen molar-refractivity contribution in [2.45, 2.75) is 109 Å². The Bertz CT molecular complexity index is 2040. The highest BCUT2D eigenvalue weighted by Gasteiger charge is 2.33. The molecular formula is C41H58N9O20-3. The lowest BCUT2D eigenvalue weighted by Gasteiger charge is -2.30. The Kier molecular flexibility index (Phi) is 26.8. The molecule has 29 heteroatoms. The third-order valence-corrected chi connectivity index (χ3v) is 9.67. The minimum atomic E-state index is -1.88. The molecule has 0 bridgehead atoms. The van der Waals surface area contributed by atoms with Crippen LogP contribution in [0.15, 0.2) is 34.9 Å². The SMILES string of the molecule is CC(=CC(=O)N([O-])CCCC1NC(=O)CNC(=O)C(CO)NC(=O)C(CO)NC(=O)C(CCCN([O-])C(=O)C=C(C)CC(=O)O)NC(=O)C(CCCN([O-])C(=O)C=C(C)CC(=O)O)NC1=O)CC(=O)O. The fourth-order valence-electron chi connectivity index (χ4n) is 6.18. The summed E-state index contributed by atoms with van der Waals surface area (Å²) in [4.78, 5) is 151. The molecule has 0 aromatic rings. The number of nitrogens with one attached hydrogen (secondary N) is 6. The summed E-state index contributed by atoms with van der Waals surface area (Å²) in [6.07, 6.45) is -2.00. The molecule has 0 aromatic heterocycles. The van der Waals surface area contributed by atoms with Crippen LogP contribution in [0.5, 0.6) is 0 Å². The van der Waals surface area contributed by atoms with E-state index in [1.807, 2.05) is 0 Å². The number of hydrogen-bond acceptors (Lipinski definition) is 17. The quantitative estimate of drug-likeness (QED) is 0.0344. The fraction of sp³-hybridized carbons (Fsp3) is 0.561. The normalized spacial score (nSPS) is 20.2. The predicted molar refractivity (Wildman–Crippen MR) is 238 cm³/mol. The molecule has 1 aliphatic rings. The number of aliphatic hydroxyl groups excluding tert-OH is 2. The maximum atomic E-state index is 14.1. The van der Waals surface area contributed by atoms with Crippen LogP contribution in [0.2, 0.25) is 0 Å². The molecule has 1 aliphatic heterocycles. The van der Waals surface area contributed by atoms with Gasteiger partial charge < -0.3 is 88.2 Å². The summed E-state index contributed by atoms with van der Waals surface area (Å²) >= 11 is 0.